The van der Waals surface area contributed by atoms with Gasteiger partial charge in [0.2, 0.25) is 0 Å². The largest absolute Gasteiger partial charge is 0.486 e. The highest BCUT2D eigenvalue weighted by Crippen LogP contribution is 2.31. The molecule has 1 atom stereocenters. The van der Waals surface area contributed by atoms with Crippen molar-refractivity contribution in [3.8, 4) is 5.75 Å². The Bertz CT molecular complexity index is 579. The van der Waals surface area contributed by atoms with Gasteiger partial charge in [0.15, 0.2) is 5.82 Å². The van der Waals surface area contributed by atoms with Crippen LogP contribution in [0, 0.1) is 0 Å². The lowest BCUT2D eigenvalue weighted by Crippen LogP contribution is -2.07. The number of ether oxygens (including phenoxy) is 1. The predicted molar refractivity (Wildman–Crippen MR) is 71.7 cm³/mol. The summed E-state index contributed by atoms with van der Waals surface area (Å²) in [6.07, 6.45) is 3.63. The number of aryl methyl sites for hydroxylation is 2. The van der Waals surface area contributed by atoms with Crippen LogP contribution >= 0.6 is 0 Å². The average Bonchev–Trinajstić information content (AvgIpc) is 3.03. The molecule has 0 unspecified atom stereocenters. The first-order valence-electron chi connectivity index (χ1n) is 6.66. The molecule has 1 aromatic carbocycles. The minimum atomic E-state index is 0.187. The fourth-order valence-electron chi connectivity index (χ4n) is 2.53. The third kappa shape index (κ3) is 2.33. The van der Waals surface area contributed by atoms with E-state index in [1.165, 1.54) is 11.1 Å². The Morgan fingerprint density at radius 3 is 3.21 bits per heavy atom. The van der Waals surface area contributed by atoms with Crippen LogP contribution in [-0.2, 0) is 19.6 Å². The Labute approximate surface area is 112 Å². The van der Waals surface area contributed by atoms with Crippen molar-refractivity contribution >= 4 is 0 Å². The van der Waals surface area contributed by atoms with Gasteiger partial charge in [-0.3, -0.25) is 0 Å². The molecule has 0 bridgehead atoms. The number of hydrogen-bond donors (Lipinski definition) is 1. The van der Waals surface area contributed by atoms with Gasteiger partial charge in [-0.2, -0.15) is 5.10 Å². The van der Waals surface area contributed by atoms with Crippen LogP contribution in [0.2, 0.25) is 0 Å². The summed E-state index contributed by atoms with van der Waals surface area (Å²) >= 11 is 0. The minimum absolute atomic E-state index is 0.187. The van der Waals surface area contributed by atoms with E-state index in [2.05, 4.69) is 22.2 Å². The maximum atomic E-state index is 6.02. The van der Waals surface area contributed by atoms with Gasteiger partial charge in [0.05, 0.1) is 0 Å². The number of nitrogens with zero attached hydrogens (tertiary/aromatic N) is 3. The van der Waals surface area contributed by atoms with Crippen LogP contribution in [0.5, 0.6) is 5.75 Å². The molecule has 1 aliphatic carbocycles. The summed E-state index contributed by atoms with van der Waals surface area (Å²) in [4.78, 5) is 4.19. The summed E-state index contributed by atoms with van der Waals surface area (Å²) < 4.78 is 7.63. The summed E-state index contributed by atoms with van der Waals surface area (Å²) in [6.45, 7) is 3.28. The Morgan fingerprint density at radius 2 is 2.37 bits per heavy atom. The Kier molecular flexibility index (Phi) is 3.21. The minimum Gasteiger partial charge on any atom is -0.486 e. The zero-order valence-corrected chi connectivity index (χ0v) is 11.0. The highest BCUT2D eigenvalue weighted by molar-refractivity contribution is 5.40. The Hall–Kier alpha value is -1.88. The van der Waals surface area contributed by atoms with E-state index in [0.717, 1.165) is 31.0 Å². The fourth-order valence-corrected chi connectivity index (χ4v) is 2.53. The van der Waals surface area contributed by atoms with Crippen LogP contribution in [0.3, 0.4) is 0 Å². The van der Waals surface area contributed by atoms with E-state index in [4.69, 9.17) is 10.5 Å². The molecule has 100 valence electrons. The number of benzene rings is 1. The summed E-state index contributed by atoms with van der Waals surface area (Å²) in [7, 11) is 0. The van der Waals surface area contributed by atoms with Crippen LogP contribution in [0.4, 0.5) is 0 Å². The van der Waals surface area contributed by atoms with Gasteiger partial charge in [0, 0.05) is 12.6 Å². The van der Waals surface area contributed by atoms with Crippen molar-refractivity contribution in [2.75, 3.05) is 0 Å². The van der Waals surface area contributed by atoms with Gasteiger partial charge in [0.25, 0.3) is 0 Å². The van der Waals surface area contributed by atoms with Gasteiger partial charge in [-0.05, 0) is 43.0 Å². The first-order valence-corrected chi connectivity index (χ1v) is 6.66. The summed E-state index contributed by atoms with van der Waals surface area (Å²) in [6, 6.07) is 6.34. The second-order valence-corrected chi connectivity index (χ2v) is 4.79. The summed E-state index contributed by atoms with van der Waals surface area (Å²) in [5.41, 5.74) is 8.58. The predicted octanol–water partition coefficient (Wildman–Crippen LogP) is 1.82. The molecule has 0 saturated heterocycles. The van der Waals surface area contributed by atoms with E-state index in [1.54, 1.807) is 6.33 Å². The smallest absolute Gasteiger partial charge is 0.164 e. The molecule has 0 amide bonds. The molecular weight excluding hydrogens is 240 g/mol. The lowest BCUT2D eigenvalue weighted by Gasteiger charge is -2.09. The zero-order chi connectivity index (χ0) is 13.2. The molecule has 0 fully saturated rings. The van der Waals surface area contributed by atoms with Crippen molar-refractivity contribution in [2.24, 2.45) is 5.73 Å². The van der Waals surface area contributed by atoms with Crippen molar-refractivity contribution in [3.63, 3.8) is 0 Å². The molecule has 0 aliphatic heterocycles. The van der Waals surface area contributed by atoms with Crippen molar-refractivity contribution in [3.05, 3.63) is 41.5 Å². The number of nitrogens with two attached hydrogens (primary N) is 1. The molecule has 3 rings (SSSR count). The van der Waals surface area contributed by atoms with E-state index in [-0.39, 0.29) is 6.04 Å². The topological polar surface area (TPSA) is 66.0 Å². The molecule has 2 N–H and O–H groups in total. The van der Waals surface area contributed by atoms with Crippen LogP contribution in [0.15, 0.2) is 24.5 Å². The van der Waals surface area contributed by atoms with E-state index in [9.17, 15) is 0 Å². The first kappa shape index (κ1) is 12.2. The van der Waals surface area contributed by atoms with Crippen LogP contribution in [0.25, 0.3) is 0 Å². The normalized spacial score (nSPS) is 17.5. The van der Waals surface area contributed by atoms with Gasteiger partial charge < -0.3 is 10.5 Å². The van der Waals surface area contributed by atoms with E-state index in [1.807, 2.05) is 17.7 Å². The number of aromatic nitrogens is 3. The summed E-state index contributed by atoms with van der Waals surface area (Å²) in [5, 5.41) is 4.12. The molecule has 0 saturated carbocycles. The molecular formula is C14H18N4O. The molecule has 0 radical (unpaired) electrons. The molecule has 1 aliphatic rings. The standard InChI is InChI=1S/C14H18N4O/c1-2-18-14(16-9-17-18)8-19-11-4-5-12-10(7-11)3-6-13(12)15/h4-5,7,9,13H,2-3,6,8,15H2,1H3/t13-/m0/s1. The SMILES string of the molecule is CCn1ncnc1COc1ccc2c(c1)CC[C@@H]2N. The van der Waals surface area contributed by atoms with Crippen molar-refractivity contribution < 1.29 is 4.74 Å². The van der Waals surface area contributed by atoms with Crippen LogP contribution < -0.4 is 10.5 Å². The molecule has 2 aromatic rings. The second-order valence-electron chi connectivity index (χ2n) is 4.79. The molecule has 1 heterocycles. The first-order chi connectivity index (χ1) is 9.28. The van der Waals surface area contributed by atoms with Gasteiger partial charge >= 0.3 is 0 Å². The lowest BCUT2D eigenvalue weighted by atomic mass is 10.1. The van der Waals surface area contributed by atoms with Gasteiger partial charge in [-0.1, -0.05) is 6.07 Å². The number of rotatable bonds is 4. The maximum absolute atomic E-state index is 6.02. The molecule has 5 nitrogen and oxygen atoms in total. The van der Waals surface area contributed by atoms with E-state index < -0.39 is 0 Å². The quantitative estimate of drug-likeness (QED) is 0.908. The highest BCUT2D eigenvalue weighted by atomic mass is 16.5. The zero-order valence-electron chi connectivity index (χ0n) is 11.0. The van der Waals surface area contributed by atoms with E-state index >= 15 is 0 Å². The third-order valence-electron chi connectivity index (χ3n) is 3.60. The maximum Gasteiger partial charge on any atom is 0.164 e. The molecule has 1 aromatic heterocycles. The molecule has 19 heavy (non-hydrogen) atoms. The third-order valence-corrected chi connectivity index (χ3v) is 3.60. The van der Waals surface area contributed by atoms with Crippen molar-refractivity contribution in [1.82, 2.24) is 14.8 Å². The number of hydrogen-bond acceptors (Lipinski definition) is 4. The second kappa shape index (κ2) is 5.01. The Morgan fingerprint density at radius 1 is 1.47 bits per heavy atom. The van der Waals surface area contributed by atoms with Gasteiger partial charge in [-0.15, -0.1) is 0 Å². The van der Waals surface area contributed by atoms with Crippen LogP contribution in [0.1, 0.15) is 36.3 Å². The van der Waals surface area contributed by atoms with Gasteiger partial charge in [0.1, 0.15) is 18.7 Å². The average molecular weight is 258 g/mol. The van der Waals surface area contributed by atoms with Crippen molar-refractivity contribution in [2.45, 2.75) is 39.0 Å². The monoisotopic (exact) mass is 258 g/mol. The lowest BCUT2D eigenvalue weighted by molar-refractivity contribution is 0.287. The van der Waals surface area contributed by atoms with Gasteiger partial charge in [-0.25, -0.2) is 9.67 Å². The fraction of sp³-hybridized carbons (Fsp3) is 0.429. The van der Waals surface area contributed by atoms with Crippen LogP contribution in [-0.4, -0.2) is 14.8 Å². The molecule has 0 spiro atoms. The van der Waals surface area contributed by atoms with E-state index in [0.29, 0.717) is 6.61 Å². The van der Waals surface area contributed by atoms with Crippen molar-refractivity contribution in [1.29, 1.82) is 0 Å². The molecule has 5 heteroatoms. The highest BCUT2D eigenvalue weighted by Gasteiger charge is 2.19. The Balaban J connectivity index is 1.71. The number of fused-ring (bicyclic) bond motifs is 1. The summed E-state index contributed by atoms with van der Waals surface area (Å²) in [5.74, 6) is 1.72.